The average Bonchev–Trinajstić information content (AvgIpc) is 2.79. The normalized spacial score (nSPS) is 15.7. The molecule has 162 valence electrons. The predicted octanol–water partition coefficient (Wildman–Crippen LogP) is 4.98. The summed E-state index contributed by atoms with van der Waals surface area (Å²) in [5.74, 6) is 1.14. The summed E-state index contributed by atoms with van der Waals surface area (Å²) in [6.45, 7) is 2.66. The number of rotatable bonds is 5. The molecular weight excluding hydrogens is 403 g/mol. The van der Waals surface area contributed by atoms with E-state index < -0.39 is 11.7 Å². The number of hydrogen-bond donors (Lipinski definition) is 1. The van der Waals surface area contributed by atoms with E-state index in [4.69, 9.17) is 0 Å². The van der Waals surface area contributed by atoms with Crippen LogP contribution in [0.4, 0.5) is 19.0 Å². The predicted molar refractivity (Wildman–Crippen MR) is 114 cm³/mol. The second kappa shape index (κ2) is 9.01. The number of likely N-dealkylation sites (tertiary alicyclic amines) is 1. The first-order valence-electron chi connectivity index (χ1n) is 10.3. The Hall–Kier alpha value is -3.00. The van der Waals surface area contributed by atoms with Crippen LogP contribution in [0.25, 0.3) is 11.3 Å². The van der Waals surface area contributed by atoms with Crippen LogP contribution in [0.3, 0.4) is 0 Å². The zero-order valence-corrected chi connectivity index (χ0v) is 17.2. The number of benzene rings is 1. The number of pyridine rings is 1. The zero-order chi connectivity index (χ0) is 21.8. The summed E-state index contributed by atoms with van der Waals surface area (Å²) >= 11 is 0. The molecule has 1 aliphatic rings. The summed E-state index contributed by atoms with van der Waals surface area (Å²) in [7, 11) is 1.87. The van der Waals surface area contributed by atoms with E-state index in [-0.39, 0.29) is 5.92 Å². The molecule has 0 bridgehead atoms. The molecule has 1 aliphatic heterocycles. The Kier molecular flexibility index (Phi) is 6.18. The van der Waals surface area contributed by atoms with Gasteiger partial charge >= 0.3 is 6.18 Å². The van der Waals surface area contributed by atoms with Crippen LogP contribution in [-0.4, -0.2) is 40.0 Å². The minimum atomic E-state index is -4.38. The van der Waals surface area contributed by atoms with Gasteiger partial charge in [-0.25, -0.2) is 9.97 Å². The van der Waals surface area contributed by atoms with Crippen LogP contribution < -0.4 is 5.32 Å². The number of piperidine rings is 1. The molecule has 1 N–H and O–H groups in total. The average molecular weight is 427 g/mol. The molecule has 0 unspecified atom stereocenters. The summed E-state index contributed by atoms with van der Waals surface area (Å²) in [4.78, 5) is 15.7. The lowest BCUT2D eigenvalue weighted by Crippen LogP contribution is -2.33. The maximum Gasteiger partial charge on any atom is 0.416 e. The van der Waals surface area contributed by atoms with Gasteiger partial charge in [0, 0.05) is 43.0 Å². The van der Waals surface area contributed by atoms with E-state index in [9.17, 15) is 13.2 Å². The van der Waals surface area contributed by atoms with Crippen molar-refractivity contribution in [3.63, 3.8) is 0 Å². The molecule has 5 nitrogen and oxygen atoms in total. The summed E-state index contributed by atoms with van der Waals surface area (Å²) < 4.78 is 39.1. The molecule has 31 heavy (non-hydrogen) atoms. The van der Waals surface area contributed by atoms with E-state index in [2.05, 4.69) is 31.2 Å². The molecule has 0 saturated carbocycles. The lowest BCUT2D eigenvalue weighted by atomic mass is 9.93. The molecule has 0 aliphatic carbocycles. The third-order valence-electron chi connectivity index (χ3n) is 5.67. The van der Waals surface area contributed by atoms with Crippen molar-refractivity contribution in [2.24, 2.45) is 0 Å². The fourth-order valence-electron chi connectivity index (χ4n) is 3.99. The van der Waals surface area contributed by atoms with Crippen LogP contribution >= 0.6 is 0 Å². The van der Waals surface area contributed by atoms with Crippen molar-refractivity contribution in [2.75, 3.05) is 25.5 Å². The fourth-order valence-corrected chi connectivity index (χ4v) is 3.99. The second-order valence-corrected chi connectivity index (χ2v) is 7.72. The van der Waals surface area contributed by atoms with Crippen LogP contribution in [0.5, 0.6) is 0 Å². The molecule has 4 rings (SSSR count). The van der Waals surface area contributed by atoms with E-state index in [0.29, 0.717) is 11.3 Å². The molecule has 1 saturated heterocycles. The number of hydrogen-bond acceptors (Lipinski definition) is 5. The number of alkyl halides is 3. The Morgan fingerprint density at radius 2 is 1.90 bits per heavy atom. The van der Waals surface area contributed by atoms with Gasteiger partial charge in [0.1, 0.15) is 5.82 Å². The van der Waals surface area contributed by atoms with Gasteiger partial charge in [-0.05, 0) is 44.1 Å². The monoisotopic (exact) mass is 427 g/mol. The molecule has 0 atom stereocenters. The fraction of sp³-hybridized carbons (Fsp3) is 0.348. The lowest BCUT2D eigenvalue weighted by Gasteiger charge is -2.32. The SMILES string of the molecule is CNc1ncccc1CN1CCC(c2cncc(-c3cccc(C(F)(F)F)c3)n2)CC1. The van der Waals surface area contributed by atoms with Crippen molar-refractivity contribution >= 4 is 5.82 Å². The van der Waals surface area contributed by atoms with E-state index >= 15 is 0 Å². The number of nitrogens with one attached hydrogen (secondary N) is 1. The Morgan fingerprint density at radius 3 is 2.65 bits per heavy atom. The first kappa shape index (κ1) is 21.2. The highest BCUT2D eigenvalue weighted by Crippen LogP contribution is 2.33. The molecule has 1 aromatic carbocycles. The highest BCUT2D eigenvalue weighted by molar-refractivity contribution is 5.59. The summed E-state index contributed by atoms with van der Waals surface area (Å²) in [5.41, 5.74) is 2.22. The van der Waals surface area contributed by atoms with Gasteiger partial charge in [0.15, 0.2) is 0 Å². The maximum absolute atomic E-state index is 13.0. The summed E-state index contributed by atoms with van der Waals surface area (Å²) in [6.07, 6.45) is 2.51. The molecule has 0 radical (unpaired) electrons. The first-order valence-corrected chi connectivity index (χ1v) is 10.3. The maximum atomic E-state index is 13.0. The van der Waals surface area contributed by atoms with Gasteiger partial charge in [-0.3, -0.25) is 9.88 Å². The van der Waals surface area contributed by atoms with E-state index in [1.54, 1.807) is 18.5 Å². The standard InChI is InChI=1S/C23H24F3N5/c1-27-22-18(5-3-9-29-22)15-31-10-7-16(8-11-31)20-13-28-14-21(30-20)17-4-2-6-19(12-17)23(24,25)26/h2-6,9,12-14,16H,7-8,10-11,15H2,1H3,(H,27,29). The molecule has 2 aromatic heterocycles. The Morgan fingerprint density at radius 1 is 1.10 bits per heavy atom. The van der Waals surface area contributed by atoms with Gasteiger partial charge in [0.25, 0.3) is 0 Å². The van der Waals surface area contributed by atoms with Crippen molar-refractivity contribution in [1.82, 2.24) is 19.9 Å². The van der Waals surface area contributed by atoms with Crippen molar-refractivity contribution < 1.29 is 13.2 Å². The number of nitrogens with zero attached hydrogens (tertiary/aromatic N) is 4. The van der Waals surface area contributed by atoms with Crippen molar-refractivity contribution in [1.29, 1.82) is 0 Å². The molecule has 3 heterocycles. The smallest absolute Gasteiger partial charge is 0.373 e. The van der Waals surface area contributed by atoms with Crippen molar-refractivity contribution in [2.45, 2.75) is 31.5 Å². The lowest BCUT2D eigenvalue weighted by molar-refractivity contribution is -0.137. The number of aromatic nitrogens is 3. The summed E-state index contributed by atoms with van der Waals surface area (Å²) in [6, 6.07) is 9.26. The molecule has 8 heteroatoms. The third-order valence-corrected chi connectivity index (χ3v) is 5.67. The highest BCUT2D eigenvalue weighted by Gasteiger charge is 2.30. The van der Waals surface area contributed by atoms with E-state index in [0.717, 1.165) is 61.7 Å². The molecule has 0 spiro atoms. The Labute approximate surface area is 179 Å². The molecular formula is C23H24F3N5. The van der Waals surface area contributed by atoms with Gasteiger partial charge < -0.3 is 5.32 Å². The van der Waals surface area contributed by atoms with Crippen LogP contribution in [0.2, 0.25) is 0 Å². The van der Waals surface area contributed by atoms with Gasteiger partial charge in [-0.2, -0.15) is 13.2 Å². The van der Waals surface area contributed by atoms with Crippen LogP contribution in [0, 0.1) is 0 Å². The molecule has 3 aromatic rings. The number of halogens is 3. The molecule has 0 amide bonds. The van der Waals surface area contributed by atoms with Crippen molar-refractivity contribution in [3.8, 4) is 11.3 Å². The van der Waals surface area contributed by atoms with Crippen LogP contribution in [0.1, 0.15) is 35.6 Å². The van der Waals surface area contributed by atoms with E-state index in [1.165, 1.54) is 12.3 Å². The Balaban J connectivity index is 1.44. The van der Waals surface area contributed by atoms with Gasteiger partial charge in [-0.15, -0.1) is 0 Å². The third kappa shape index (κ3) is 5.02. The minimum absolute atomic E-state index is 0.243. The highest BCUT2D eigenvalue weighted by atomic mass is 19.4. The summed E-state index contributed by atoms with van der Waals surface area (Å²) in [5, 5.41) is 3.13. The first-order chi connectivity index (χ1) is 14.9. The van der Waals surface area contributed by atoms with Gasteiger partial charge in [-0.1, -0.05) is 18.2 Å². The van der Waals surface area contributed by atoms with Gasteiger partial charge in [0.05, 0.1) is 23.1 Å². The van der Waals surface area contributed by atoms with E-state index in [1.807, 2.05) is 13.1 Å². The van der Waals surface area contributed by atoms with Crippen LogP contribution in [-0.2, 0) is 12.7 Å². The number of anilines is 1. The topological polar surface area (TPSA) is 53.9 Å². The Bertz CT molecular complexity index is 1030. The van der Waals surface area contributed by atoms with Gasteiger partial charge in [0.2, 0.25) is 0 Å². The van der Waals surface area contributed by atoms with Crippen molar-refractivity contribution in [3.05, 3.63) is 71.8 Å². The minimum Gasteiger partial charge on any atom is -0.373 e. The zero-order valence-electron chi connectivity index (χ0n) is 17.2. The van der Waals surface area contributed by atoms with Crippen LogP contribution in [0.15, 0.2) is 55.0 Å². The quantitative estimate of drug-likeness (QED) is 0.623. The molecule has 1 fully saturated rings. The second-order valence-electron chi connectivity index (χ2n) is 7.72. The largest absolute Gasteiger partial charge is 0.416 e.